The fraction of sp³-hybridized carbons (Fsp3) is 0.200. The molecule has 1 aliphatic heterocycles. The Bertz CT molecular complexity index is 1030. The average Bonchev–Trinajstić information content (AvgIpc) is 3.23. The van der Waals surface area contributed by atoms with E-state index in [1.807, 2.05) is 22.9 Å². The molecule has 0 unspecified atom stereocenters. The summed E-state index contributed by atoms with van der Waals surface area (Å²) in [5, 5.41) is 13.4. The molecule has 0 N–H and O–H groups in total. The maximum absolute atomic E-state index is 13.0. The van der Waals surface area contributed by atoms with Crippen molar-refractivity contribution in [3.8, 4) is 11.3 Å². The van der Waals surface area contributed by atoms with Gasteiger partial charge in [-0.05, 0) is 48.9 Å². The van der Waals surface area contributed by atoms with Gasteiger partial charge in [-0.1, -0.05) is 23.2 Å². The van der Waals surface area contributed by atoms with Crippen molar-refractivity contribution in [1.82, 2.24) is 4.57 Å². The number of imidazole rings is 1. The lowest BCUT2D eigenvalue weighted by molar-refractivity contribution is -0.693. The molecule has 8 heteroatoms. The Hall–Kier alpha value is -2.08. The number of aromatic nitrogens is 2. The van der Waals surface area contributed by atoms with Crippen LogP contribution in [-0.4, -0.2) is 10.5 Å². The minimum Gasteiger partial charge on any atom is -0.859 e. The van der Waals surface area contributed by atoms with Crippen molar-refractivity contribution < 1.29 is 14.1 Å². The summed E-state index contributed by atoms with van der Waals surface area (Å²) in [6.07, 6.45) is 3.87. The lowest BCUT2D eigenvalue weighted by Crippen LogP contribution is -2.43. The highest BCUT2D eigenvalue weighted by Crippen LogP contribution is 2.30. The molecule has 0 radical (unpaired) electrons. The van der Waals surface area contributed by atoms with Gasteiger partial charge >= 0.3 is 0 Å². The highest BCUT2D eigenvalue weighted by atomic mass is 35.5. The van der Waals surface area contributed by atoms with E-state index in [1.165, 1.54) is 24.3 Å². The summed E-state index contributed by atoms with van der Waals surface area (Å²) in [6.45, 7) is 1.02. The Morgan fingerprint density at radius 3 is 2.61 bits per heavy atom. The van der Waals surface area contributed by atoms with Crippen LogP contribution < -0.4 is 9.67 Å². The lowest BCUT2D eigenvalue weighted by atomic mass is 10.1. The third-order valence-electron chi connectivity index (χ3n) is 4.60. The minimum atomic E-state index is -0.354. The molecule has 4 rings (SSSR count). The summed E-state index contributed by atoms with van der Waals surface area (Å²) in [5.41, 5.74) is 2.40. The first-order valence-electron chi connectivity index (χ1n) is 8.58. The maximum atomic E-state index is 13.0. The Morgan fingerprint density at radius 2 is 1.89 bits per heavy atom. The highest BCUT2D eigenvalue weighted by molar-refractivity contribution is 6.42. The topological polar surface area (TPSA) is 44.2 Å². The largest absolute Gasteiger partial charge is 0.859 e. The maximum Gasteiger partial charge on any atom is 0.257 e. The van der Waals surface area contributed by atoms with E-state index in [1.54, 1.807) is 6.07 Å². The van der Waals surface area contributed by atoms with Crippen molar-refractivity contribution in [3.63, 3.8) is 0 Å². The van der Waals surface area contributed by atoms with Crippen LogP contribution in [0.1, 0.15) is 12.2 Å². The molecule has 0 aliphatic carbocycles. The van der Waals surface area contributed by atoms with E-state index in [2.05, 4.69) is 9.56 Å². The van der Waals surface area contributed by atoms with Crippen molar-refractivity contribution >= 4 is 47.2 Å². The van der Waals surface area contributed by atoms with E-state index < -0.39 is 0 Å². The lowest BCUT2D eigenvalue weighted by Gasteiger charge is -2.08. The number of fused-ring (bicyclic) bond motifs is 1. The summed E-state index contributed by atoms with van der Waals surface area (Å²) < 4.78 is 17.1. The second kappa shape index (κ2) is 8.52. The molecule has 1 aliphatic rings. The minimum absolute atomic E-state index is 0. The van der Waals surface area contributed by atoms with Crippen LogP contribution in [0.4, 0.5) is 10.1 Å². The normalized spacial score (nSPS) is 13.3. The van der Waals surface area contributed by atoms with Crippen molar-refractivity contribution in [2.75, 3.05) is 0 Å². The standard InChI is InChI=1S/C20H16Cl2FN3O.ClH/c21-16-8-3-13(10-17(16)22)18-11-25(20-2-1-9-26(18)20)12-19(27)24-15-6-4-14(23)5-7-15;/h3-8,10-11H,1-2,9,12H2;1H. The van der Waals surface area contributed by atoms with E-state index in [0.717, 1.165) is 36.5 Å². The quantitative estimate of drug-likeness (QED) is 0.338. The van der Waals surface area contributed by atoms with Crippen LogP contribution in [0, 0.1) is 5.82 Å². The molecule has 2 heterocycles. The molecule has 0 fully saturated rings. The zero-order valence-corrected chi connectivity index (χ0v) is 17.1. The van der Waals surface area contributed by atoms with Gasteiger partial charge in [0.1, 0.15) is 18.6 Å². The van der Waals surface area contributed by atoms with Crippen molar-refractivity contribution in [3.05, 3.63) is 70.3 Å². The summed E-state index contributed by atoms with van der Waals surface area (Å²) in [4.78, 5) is 4.05. The molecule has 0 bridgehead atoms. The summed E-state index contributed by atoms with van der Waals surface area (Å²) in [6, 6.07) is 11.1. The fourth-order valence-electron chi connectivity index (χ4n) is 3.37. The van der Waals surface area contributed by atoms with Gasteiger partial charge in [-0.3, -0.25) is 4.99 Å². The van der Waals surface area contributed by atoms with Gasteiger partial charge in [0.2, 0.25) is 0 Å². The molecular formula is C20H17Cl3FN3O. The number of hydrogen-bond donors (Lipinski definition) is 0. The summed E-state index contributed by atoms with van der Waals surface area (Å²) in [7, 11) is 0. The van der Waals surface area contributed by atoms with Gasteiger partial charge in [-0.25, -0.2) is 13.5 Å². The van der Waals surface area contributed by atoms with Gasteiger partial charge in [0, 0.05) is 11.5 Å². The number of halogens is 4. The molecule has 0 saturated carbocycles. The van der Waals surface area contributed by atoms with Crippen LogP contribution in [0.3, 0.4) is 0 Å². The molecule has 0 saturated heterocycles. The predicted octanol–water partition coefficient (Wildman–Crippen LogP) is 4.35. The van der Waals surface area contributed by atoms with Crippen LogP contribution in [0.25, 0.3) is 11.3 Å². The fourth-order valence-corrected chi connectivity index (χ4v) is 3.67. The Labute approximate surface area is 178 Å². The van der Waals surface area contributed by atoms with Gasteiger partial charge in [0.25, 0.3) is 5.82 Å². The molecular weight excluding hydrogens is 424 g/mol. The second-order valence-corrected chi connectivity index (χ2v) is 7.24. The number of hydrogen-bond acceptors (Lipinski definition) is 2. The Kier molecular flexibility index (Phi) is 6.28. The van der Waals surface area contributed by atoms with Gasteiger partial charge in [0.05, 0.1) is 28.7 Å². The molecule has 1 aromatic heterocycles. The molecule has 2 aromatic carbocycles. The first-order chi connectivity index (χ1) is 13.0. The molecule has 4 nitrogen and oxygen atoms in total. The molecule has 28 heavy (non-hydrogen) atoms. The van der Waals surface area contributed by atoms with Crippen molar-refractivity contribution in [2.24, 2.45) is 4.99 Å². The number of benzene rings is 2. The molecule has 0 amide bonds. The monoisotopic (exact) mass is 439 g/mol. The van der Waals surface area contributed by atoms with E-state index in [4.69, 9.17) is 23.2 Å². The SMILES string of the molecule is Cl.[O-]C(C[n+]1cc(-c2ccc(Cl)c(Cl)c2)n2c1CCC2)=Nc1ccc(F)cc1. The zero-order valence-electron chi connectivity index (χ0n) is 14.7. The van der Waals surface area contributed by atoms with Gasteiger partial charge in [-0.15, -0.1) is 12.4 Å². The predicted molar refractivity (Wildman–Crippen MR) is 109 cm³/mol. The molecule has 146 valence electrons. The molecule has 3 aromatic rings. The highest BCUT2D eigenvalue weighted by Gasteiger charge is 2.28. The van der Waals surface area contributed by atoms with E-state index in [0.29, 0.717) is 15.7 Å². The first kappa shape index (κ1) is 20.6. The van der Waals surface area contributed by atoms with Crippen molar-refractivity contribution in [2.45, 2.75) is 25.9 Å². The number of aliphatic imine (C=N–C) groups is 1. The Morgan fingerprint density at radius 1 is 1.14 bits per heavy atom. The van der Waals surface area contributed by atoms with Crippen LogP contribution in [-0.2, 0) is 19.5 Å². The smallest absolute Gasteiger partial charge is 0.257 e. The number of rotatable bonds is 4. The molecule has 0 spiro atoms. The van der Waals surface area contributed by atoms with Crippen LogP contribution >= 0.6 is 35.6 Å². The summed E-state index contributed by atoms with van der Waals surface area (Å²) >= 11 is 12.2. The zero-order chi connectivity index (χ0) is 19.0. The third kappa shape index (κ3) is 4.17. The molecule has 0 atom stereocenters. The van der Waals surface area contributed by atoms with Crippen LogP contribution in [0.5, 0.6) is 0 Å². The van der Waals surface area contributed by atoms with E-state index in [9.17, 15) is 9.50 Å². The van der Waals surface area contributed by atoms with Crippen LogP contribution in [0.2, 0.25) is 10.0 Å². The van der Waals surface area contributed by atoms with Gasteiger partial charge in [0.15, 0.2) is 5.69 Å². The van der Waals surface area contributed by atoms with E-state index >= 15 is 0 Å². The Balaban J connectivity index is 0.00000225. The summed E-state index contributed by atoms with van der Waals surface area (Å²) in [5.74, 6) is 0.443. The van der Waals surface area contributed by atoms with Gasteiger partial charge in [-0.2, -0.15) is 0 Å². The first-order valence-corrected chi connectivity index (χ1v) is 9.34. The van der Waals surface area contributed by atoms with Crippen LogP contribution in [0.15, 0.2) is 53.7 Å². The average molecular weight is 441 g/mol. The van der Waals surface area contributed by atoms with Gasteiger partial charge < -0.3 is 5.11 Å². The van der Waals surface area contributed by atoms with E-state index in [-0.39, 0.29) is 30.7 Å². The van der Waals surface area contributed by atoms with Crippen molar-refractivity contribution in [1.29, 1.82) is 0 Å². The number of nitrogens with zero attached hydrogens (tertiary/aromatic N) is 3. The third-order valence-corrected chi connectivity index (χ3v) is 5.33. The second-order valence-electron chi connectivity index (χ2n) is 6.42.